The second kappa shape index (κ2) is 4.56. The Morgan fingerprint density at radius 2 is 2.25 bits per heavy atom. The number of nitrogens with one attached hydrogen (secondary N) is 2. The fourth-order valence-corrected chi connectivity index (χ4v) is 1.21. The lowest BCUT2D eigenvalue weighted by atomic mass is 10.4. The average molecular weight is 220 g/mol. The summed E-state index contributed by atoms with van der Waals surface area (Å²) in [4.78, 5) is 12.3. The Kier molecular flexibility index (Phi) is 2.95. The summed E-state index contributed by atoms with van der Waals surface area (Å²) in [5.74, 6) is 1.89. The first-order valence-electron chi connectivity index (χ1n) is 4.80. The number of rotatable bonds is 4. The molecule has 0 aliphatic rings. The molecule has 0 fully saturated rings. The minimum absolute atomic E-state index is 0.468. The summed E-state index contributed by atoms with van der Waals surface area (Å²) in [6.45, 7) is 2.37. The molecular formula is C9H12N6O. The molecule has 2 N–H and O–H groups in total. The van der Waals surface area contributed by atoms with E-state index in [0.717, 1.165) is 11.5 Å². The minimum Gasteiger partial charge on any atom is -0.362 e. The summed E-state index contributed by atoms with van der Waals surface area (Å²) >= 11 is 0. The first-order chi connectivity index (χ1) is 7.78. The molecule has 2 heterocycles. The Morgan fingerprint density at radius 3 is 2.94 bits per heavy atom. The lowest BCUT2D eigenvalue weighted by Gasteiger charge is -2.06. The number of nitrogens with zero attached hydrogens (tertiary/aromatic N) is 4. The Balaban J connectivity index is 2.06. The largest absolute Gasteiger partial charge is 0.362 e. The van der Waals surface area contributed by atoms with Crippen molar-refractivity contribution in [2.24, 2.45) is 0 Å². The van der Waals surface area contributed by atoms with Gasteiger partial charge in [0.25, 0.3) is 0 Å². The molecule has 0 aliphatic heterocycles. The molecule has 0 saturated heterocycles. The van der Waals surface area contributed by atoms with Gasteiger partial charge in [0.2, 0.25) is 12.3 Å². The van der Waals surface area contributed by atoms with Crippen molar-refractivity contribution < 1.29 is 4.52 Å². The van der Waals surface area contributed by atoms with Gasteiger partial charge in [0.15, 0.2) is 5.82 Å². The molecular weight excluding hydrogens is 208 g/mol. The highest BCUT2D eigenvalue weighted by molar-refractivity contribution is 5.41. The summed E-state index contributed by atoms with van der Waals surface area (Å²) < 4.78 is 4.63. The number of aryl methyl sites for hydroxylation is 1. The highest BCUT2D eigenvalue weighted by Gasteiger charge is 2.02. The molecule has 0 spiro atoms. The van der Waals surface area contributed by atoms with E-state index in [0.29, 0.717) is 18.3 Å². The van der Waals surface area contributed by atoms with Crippen molar-refractivity contribution in [3.8, 4) is 0 Å². The van der Waals surface area contributed by atoms with Crippen LogP contribution in [0.25, 0.3) is 0 Å². The van der Waals surface area contributed by atoms with Crippen LogP contribution in [0, 0.1) is 6.92 Å². The van der Waals surface area contributed by atoms with Crippen LogP contribution in [0.1, 0.15) is 11.5 Å². The third-order valence-corrected chi connectivity index (χ3v) is 1.91. The summed E-state index contributed by atoms with van der Waals surface area (Å²) in [6.07, 6.45) is 1.29. The van der Waals surface area contributed by atoms with Gasteiger partial charge in [0.1, 0.15) is 5.82 Å². The summed E-state index contributed by atoms with van der Waals surface area (Å²) in [6, 6.07) is 1.85. The second-order valence-corrected chi connectivity index (χ2v) is 3.17. The lowest BCUT2D eigenvalue weighted by Crippen LogP contribution is -2.06. The maximum atomic E-state index is 4.63. The highest BCUT2D eigenvalue weighted by Crippen LogP contribution is 2.09. The minimum atomic E-state index is 0.468. The van der Waals surface area contributed by atoms with Crippen molar-refractivity contribution in [2.45, 2.75) is 13.5 Å². The van der Waals surface area contributed by atoms with Crippen molar-refractivity contribution in [1.82, 2.24) is 20.1 Å². The van der Waals surface area contributed by atoms with E-state index < -0.39 is 0 Å². The van der Waals surface area contributed by atoms with Gasteiger partial charge in [-0.3, -0.25) is 0 Å². The molecule has 2 aromatic heterocycles. The Labute approximate surface area is 92.3 Å². The van der Waals surface area contributed by atoms with Crippen LogP contribution in [0.4, 0.5) is 11.8 Å². The topological polar surface area (TPSA) is 88.8 Å². The van der Waals surface area contributed by atoms with E-state index in [2.05, 4.69) is 35.3 Å². The molecule has 2 aromatic rings. The van der Waals surface area contributed by atoms with E-state index in [1.54, 1.807) is 7.05 Å². The highest BCUT2D eigenvalue weighted by atomic mass is 16.5. The van der Waals surface area contributed by atoms with Gasteiger partial charge >= 0.3 is 0 Å². The molecule has 7 heteroatoms. The zero-order valence-corrected chi connectivity index (χ0v) is 9.06. The van der Waals surface area contributed by atoms with Gasteiger partial charge < -0.3 is 15.2 Å². The molecule has 0 aromatic carbocycles. The van der Waals surface area contributed by atoms with Gasteiger partial charge in [-0.2, -0.15) is 9.97 Å². The van der Waals surface area contributed by atoms with Gasteiger partial charge in [0.05, 0.1) is 6.54 Å². The Bertz CT molecular complexity index is 455. The van der Waals surface area contributed by atoms with E-state index >= 15 is 0 Å². The van der Waals surface area contributed by atoms with Gasteiger partial charge in [-0.15, -0.1) is 0 Å². The lowest BCUT2D eigenvalue weighted by molar-refractivity contribution is 0.411. The molecule has 0 unspecified atom stereocenters. The Morgan fingerprint density at radius 1 is 1.38 bits per heavy atom. The van der Waals surface area contributed by atoms with E-state index in [-0.39, 0.29) is 0 Å². The van der Waals surface area contributed by atoms with Crippen molar-refractivity contribution in [3.05, 3.63) is 24.0 Å². The fraction of sp³-hybridized carbons (Fsp3) is 0.333. The van der Waals surface area contributed by atoms with Crippen molar-refractivity contribution in [2.75, 3.05) is 17.7 Å². The van der Waals surface area contributed by atoms with E-state index in [4.69, 9.17) is 0 Å². The molecule has 84 valence electrons. The van der Waals surface area contributed by atoms with Gasteiger partial charge in [-0.05, 0) is 6.92 Å². The molecule has 2 rings (SSSR count). The Hall–Kier alpha value is -2.18. The maximum Gasteiger partial charge on any atom is 0.224 e. The van der Waals surface area contributed by atoms with Crippen LogP contribution < -0.4 is 10.6 Å². The van der Waals surface area contributed by atoms with Crippen LogP contribution in [0.3, 0.4) is 0 Å². The number of hydrogen-bond donors (Lipinski definition) is 2. The zero-order chi connectivity index (χ0) is 11.4. The van der Waals surface area contributed by atoms with Crippen LogP contribution in [-0.2, 0) is 6.54 Å². The number of hydrogen-bond acceptors (Lipinski definition) is 7. The van der Waals surface area contributed by atoms with Crippen LogP contribution in [0.5, 0.6) is 0 Å². The molecule has 16 heavy (non-hydrogen) atoms. The molecule has 0 aliphatic carbocycles. The molecule has 0 amide bonds. The molecule has 0 saturated carbocycles. The standard InChI is InChI=1S/C9H12N6O/c1-6-3-7(14-9(10-2)13-6)11-4-8-12-5-16-15-8/h3,5H,4H2,1-2H3,(H2,10,11,13,14). The van der Waals surface area contributed by atoms with Crippen molar-refractivity contribution in [3.63, 3.8) is 0 Å². The second-order valence-electron chi connectivity index (χ2n) is 3.17. The maximum absolute atomic E-state index is 4.63. The quantitative estimate of drug-likeness (QED) is 0.788. The van der Waals surface area contributed by atoms with E-state index in [1.165, 1.54) is 6.39 Å². The summed E-state index contributed by atoms with van der Waals surface area (Å²) in [5, 5.41) is 9.66. The van der Waals surface area contributed by atoms with E-state index in [9.17, 15) is 0 Å². The van der Waals surface area contributed by atoms with Crippen LogP contribution in [0.15, 0.2) is 17.0 Å². The summed E-state index contributed by atoms with van der Waals surface area (Å²) in [7, 11) is 1.78. The predicted molar refractivity (Wildman–Crippen MR) is 57.9 cm³/mol. The predicted octanol–water partition coefficient (Wildman–Crippen LogP) is 0.822. The van der Waals surface area contributed by atoms with Crippen molar-refractivity contribution >= 4 is 11.8 Å². The van der Waals surface area contributed by atoms with Gasteiger partial charge in [-0.25, -0.2) is 4.98 Å². The fourth-order valence-electron chi connectivity index (χ4n) is 1.21. The third-order valence-electron chi connectivity index (χ3n) is 1.91. The van der Waals surface area contributed by atoms with Gasteiger partial charge in [-0.1, -0.05) is 5.16 Å². The molecule has 0 bridgehead atoms. The average Bonchev–Trinajstić information content (AvgIpc) is 2.78. The first-order valence-corrected chi connectivity index (χ1v) is 4.80. The van der Waals surface area contributed by atoms with Crippen LogP contribution in [-0.4, -0.2) is 27.2 Å². The SMILES string of the molecule is CNc1nc(C)cc(NCc2ncon2)n1. The molecule has 0 atom stereocenters. The van der Waals surface area contributed by atoms with Gasteiger partial charge in [0, 0.05) is 18.8 Å². The summed E-state index contributed by atoms with van der Waals surface area (Å²) in [5.41, 5.74) is 0.884. The number of aromatic nitrogens is 4. The van der Waals surface area contributed by atoms with Crippen LogP contribution in [0.2, 0.25) is 0 Å². The zero-order valence-electron chi connectivity index (χ0n) is 9.06. The normalized spacial score (nSPS) is 10.1. The number of anilines is 2. The van der Waals surface area contributed by atoms with Crippen molar-refractivity contribution in [1.29, 1.82) is 0 Å². The van der Waals surface area contributed by atoms with E-state index in [1.807, 2.05) is 13.0 Å². The first kappa shape index (κ1) is 10.3. The third kappa shape index (κ3) is 2.44. The van der Waals surface area contributed by atoms with Crippen LogP contribution >= 0.6 is 0 Å². The smallest absolute Gasteiger partial charge is 0.224 e. The monoisotopic (exact) mass is 220 g/mol. The molecule has 7 nitrogen and oxygen atoms in total. The molecule has 0 radical (unpaired) electrons.